The molecule has 1 heterocycles. The Bertz CT molecular complexity index is 893. The largest absolute Gasteiger partial charge is 0.441 e. The summed E-state index contributed by atoms with van der Waals surface area (Å²) in [6.07, 6.45) is 2.43. The van der Waals surface area contributed by atoms with Crippen LogP contribution < -0.4 is 5.32 Å². The minimum Gasteiger partial charge on any atom is -0.441 e. The van der Waals surface area contributed by atoms with Gasteiger partial charge in [-0.05, 0) is 24.6 Å². The molecule has 29 heavy (non-hydrogen) atoms. The maximum Gasteiger partial charge on any atom is 0.224 e. The van der Waals surface area contributed by atoms with Crippen molar-refractivity contribution in [3.05, 3.63) is 72.2 Å². The fourth-order valence-corrected chi connectivity index (χ4v) is 2.80. The molecule has 1 N–H and O–H groups in total. The van der Waals surface area contributed by atoms with E-state index in [9.17, 15) is 4.79 Å². The van der Waals surface area contributed by atoms with Gasteiger partial charge in [0.05, 0.1) is 26.0 Å². The quantitative estimate of drug-likeness (QED) is 0.486. The maximum absolute atomic E-state index is 12.3. The molecule has 0 spiro atoms. The molecule has 0 aliphatic carbocycles. The highest BCUT2D eigenvalue weighted by Gasteiger charge is 2.09. The molecule has 6 heteroatoms. The Labute approximate surface area is 170 Å². The third-order valence-corrected chi connectivity index (χ3v) is 4.23. The lowest BCUT2D eigenvalue weighted by molar-refractivity contribution is -0.116. The predicted molar refractivity (Wildman–Crippen MR) is 111 cm³/mol. The van der Waals surface area contributed by atoms with Crippen LogP contribution in [0.5, 0.6) is 0 Å². The molecule has 3 aromatic rings. The Morgan fingerprint density at radius 1 is 1.07 bits per heavy atom. The molecule has 0 saturated heterocycles. The van der Waals surface area contributed by atoms with Crippen molar-refractivity contribution < 1.29 is 18.7 Å². The van der Waals surface area contributed by atoms with Crippen molar-refractivity contribution in [1.82, 2.24) is 4.98 Å². The number of anilines is 1. The number of aromatic nitrogens is 1. The third kappa shape index (κ3) is 6.85. The van der Waals surface area contributed by atoms with Crippen molar-refractivity contribution in [2.24, 2.45) is 0 Å². The normalized spacial score (nSPS) is 10.8. The van der Waals surface area contributed by atoms with Crippen molar-refractivity contribution in [2.75, 3.05) is 25.1 Å². The maximum atomic E-state index is 12.3. The number of carbonyl (C=O) groups excluding carboxylic acids is 1. The van der Waals surface area contributed by atoms with Gasteiger partial charge >= 0.3 is 0 Å². The van der Waals surface area contributed by atoms with Gasteiger partial charge in [-0.15, -0.1) is 0 Å². The number of rotatable bonds is 11. The first-order valence-electron chi connectivity index (χ1n) is 9.79. The molecule has 0 unspecified atom stereocenters. The number of nitrogens with zero attached hydrogens (tertiary/aromatic N) is 1. The molecule has 0 saturated carbocycles. The molecular weight excluding hydrogens is 368 g/mol. The summed E-state index contributed by atoms with van der Waals surface area (Å²) < 4.78 is 16.6. The van der Waals surface area contributed by atoms with E-state index in [1.54, 1.807) is 6.20 Å². The zero-order valence-electron chi connectivity index (χ0n) is 16.6. The molecule has 1 amide bonds. The van der Waals surface area contributed by atoms with E-state index in [-0.39, 0.29) is 5.91 Å². The number of nitrogens with one attached hydrogen (secondary N) is 1. The topological polar surface area (TPSA) is 73.6 Å². The standard InChI is InChI=1S/C23H26N2O4/c1-2-27-13-14-28-17-18-7-6-10-20(15-18)25-22(26)11-12-23-24-16-21(29-23)19-8-4-3-5-9-19/h3-10,15-16H,2,11-14,17H2,1H3,(H,25,26). The summed E-state index contributed by atoms with van der Waals surface area (Å²) in [7, 11) is 0. The van der Waals surface area contributed by atoms with Crippen LogP contribution in [0.2, 0.25) is 0 Å². The van der Waals surface area contributed by atoms with Gasteiger partial charge in [-0.2, -0.15) is 0 Å². The molecule has 3 rings (SSSR count). The van der Waals surface area contributed by atoms with Gasteiger partial charge in [0.15, 0.2) is 11.7 Å². The van der Waals surface area contributed by atoms with E-state index in [4.69, 9.17) is 13.9 Å². The fraction of sp³-hybridized carbons (Fsp3) is 0.304. The zero-order chi connectivity index (χ0) is 20.3. The second-order valence-corrected chi connectivity index (χ2v) is 6.48. The second kappa shape index (κ2) is 11.1. The van der Waals surface area contributed by atoms with Crippen LogP contribution in [0.3, 0.4) is 0 Å². The lowest BCUT2D eigenvalue weighted by Gasteiger charge is -2.08. The smallest absolute Gasteiger partial charge is 0.224 e. The molecule has 6 nitrogen and oxygen atoms in total. The summed E-state index contributed by atoms with van der Waals surface area (Å²) in [6, 6.07) is 17.4. The minimum absolute atomic E-state index is 0.0844. The molecule has 1 aromatic heterocycles. The van der Waals surface area contributed by atoms with E-state index in [1.807, 2.05) is 61.5 Å². The van der Waals surface area contributed by atoms with Crippen LogP contribution in [-0.2, 0) is 27.3 Å². The van der Waals surface area contributed by atoms with Gasteiger partial charge < -0.3 is 19.2 Å². The predicted octanol–water partition coefficient (Wildman–Crippen LogP) is 4.47. The lowest BCUT2D eigenvalue weighted by Crippen LogP contribution is -2.12. The zero-order valence-corrected chi connectivity index (χ0v) is 16.6. The Hall–Kier alpha value is -2.96. The first-order valence-corrected chi connectivity index (χ1v) is 9.79. The van der Waals surface area contributed by atoms with E-state index in [1.165, 1.54) is 0 Å². The SMILES string of the molecule is CCOCCOCc1cccc(NC(=O)CCc2ncc(-c3ccccc3)o2)c1. The summed E-state index contributed by atoms with van der Waals surface area (Å²) in [6.45, 7) is 4.25. The fourth-order valence-electron chi connectivity index (χ4n) is 2.80. The van der Waals surface area contributed by atoms with E-state index >= 15 is 0 Å². The van der Waals surface area contributed by atoms with Gasteiger partial charge in [0.25, 0.3) is 0 Å². The number of oxazole rings is 1. The van der Waals surface area contributed by atoms with Gasteiger partial charge in [0, 0.05) is 30.7 Å². The third-order valence-electron chi connectivity index (χ3n) is 4.23. The highest BCUT2D eigenvalue weighted by atomic mass is 16.5. The number of amides is 1. The van der Waals surface area contributed by atoms with Crippen LogP contribution in [-0.4, -0.2) is 30.7 Å². The molecule has 0 fully saturated rings. The van der Waals surface area contributed by atoms with Crippen molar-refractivity contribution in [1.29, 1.82) is 0 Å². The highest BCUT2D eigenvalue weighted by molar-refractivity contribution is 5.90. The van der Waals surface area contributed by atoms with Crippen molar-refractivity contribution in [3.8, 4) is 11.3 Å². The Morgan fingerprint density at radius 3 is 2.72 bits per heavy atom. The number of aryl methyl sites for hydroxylation is 1. The van der Waals surface area contributed by atoms with Crippen LogP contribution in [0.15, 0.2) is 65.2 Å². The summed E-state index contributed by atoms with van der Waals surface area (Å²) in [4.78, 5) is 16.5. The summed E-state index contributed by atoms with van der Waals surface area (Å²) >= 11 is 0. The van der Waals surface area contributed by atoms with Gasteiger partial charge in [-0.25, -0.2) is 4.98 Å². The average Bonchev–Trinajstić information content (AvgIpc) is 3.22. The molecule has 0 aliphatic rings. The van der Waals surface area contributed by atoms with Crippen molar-refractivity contribution >= 4 is 11.6 Å². The number of hydrogen-bond donors (Lipinski definition) is 1. The van der Waals surface area contributed by atoms with Crippen LogP contribution in [0.4, 0.5) is 5.69 Å². The second-order valence-electron chi connectivity index (χ2n) is 6.48. The summed E-state index contributed by atoms with van der Waals surface area (Å²) in [5.41, 5.74) is 2.72. The Balaban J connectivity index is 1.45. The number of carbonyl (C=O) groups is 1. The molecule has 0 aliphatic heterocycles. The minimum atomic E-state index is -0.0844. The van der Waals surface area contributed by atoms with Crippen LogP contribution in [0, 0.1) is 0 Å². The first-order chi connectivity index (χ1) is 14.2. The molecule has 152 valence electrons. The van der Waals surface area contributed by atoms with Gasteiger partial charge in [-0.3, -0.25) is 4.79 Å². The summed E-state index contributed by atoms with van der Waals surface area (Å²) in [5, 5.41) is 2.91. The van der Waals surface area contributed by atoms with E-state index < -0.39 is 0 Å². The van der Waals surface area contributed by atoms with Gasteiger partial charge in [0.1, 0.15) is 0 Å². The van der Waals surface area contributed by atoms with Crippen LogP contribution in [0.25, 0.3) is 11.3 Å². The van der Waals surface area contributed by atoms with Crippen molar-refractivity contribution in [2.45, 2.75) is 26.4 Å². The van der Waals surface area contributed by atoms with Gasteiger partial charge in [0.2, 0.25) is 5.91 Å². The number of benzene rings is 2. The van der Waals surface area contributed by atoms with Gasteiger partial charge in [-0.1, -0.05) is 42.5 Å². The summed E-state index contributed by atoms with van der Waals surface area (Å²) in [5.74, 6) is 1.17. The monoisotopic (exact) mass is 394 g/mol. The molecule has 0 bridgehead atoms. The van der Waals surface area contributed by atoms with Crippen molar-refractivity contribution in [3.63, 3.8) is 0 Å². The molecular formula is C23H26N2O4. The molecule has 2 aromatic carbocycles. The first kappa shape index (κ1) is 20.8. The number of hydrogen-bond acceptors (Lipinski definition) is 5. The van der Waals surface area contributed by atoms with Crippen LogP contribution in [0.1, 0.15) is 24.8 Å². The Kier molecular flexibility index (Phi) is 7.98. The van der Waals surface area contributed by atoms with E-state index in [0.717, 1.165) is 16.8 Å². The highest BCUT2D eigenvalue weighted by Crippen LogP contribution is 2.20. The number of ether oxygens (including phenoxy) is 2. The van der Waals surface area contributed by atoms with Crippen LogP contribution >= 0.6 is 0 Å². The van der Waals surface area contributed by atoms with E-state index in [0.29, 0.717) is 50.9 Å². The average molecular weight is 394 g/mol. The lowest BCUT2D eigenvalue weighted by atomic mass is 10.2. The molecule has 0 atom stereocenters. The van der Waals surface area contributed by atoms with E-state index in [2.05, 4.69) is 10.3 Å². The Morgan fingerprint density at radius 2 is 1.90 bits per heavy atom. The molecule has 0 radical (unpaired) electrons.